The molecule has 1 aromatic carbocycles. The number of piperazine rings is 1. The SMILES string of the molecule is CC1CNC(Cc2ccccc2)CN1CC1(C)CCCS1. The molecule has 1 N–H and O–H groups in total. The summed E-state index contributed by atoms with van der Waals surface area (Å²) in [5, 5.41) is 3.74. The molecule has 0 bridgehead atoms. The summed E-state index contributed by atoms with van der Waals surface area (Å²) >= 11 is 2.18. The van der Waals surface area contributed by atoms with Crippen LogP contribution in [-0.2, 0) is 6.42 Å². The molecule has 3 atom stereocenters. The smallest absolute Gasteiger partial charge is 0.0259 e. The largest absolute Gasteiger partial charge is 0.311 e. The monoisotopic (exact) mass is 304 g/mol. The first-order valence-corrected chi connectivity index (χ1v) is 9.28. The number of hydrogen-bond acceptors (Lipinski definition) is 3. The predicted molar refractivity (Wildman–Crippen MR) is 93.1 cm³/mol. The summed E-state index contributed by atoms with van der Waals surface area (Å²) in [5.74, 6) is 1.35. The maximum absolute atomic E-state index is 3.74. The maximum Gasteiger partial charge on any atom is 0.0259 e. The van der Waals surface area contributed by atoms with Crippen LogP contribution in [0.15, 0.2) is 30.3 Å². The van der Waals surface area contributed by atoms with Crippen LogP contribution < -0.4 is 5.32 Å². The normalized spacial score (nSPS) is 34.2. The van der Waals surface area contributed by atoms with Crippen molar-refractivity contribution in [3.05, 3.63) is 35.9 Å². The van der Waals surface area contributed by atoms with Crippen molar-refractivity contribution in [1.82, 2.24) is 10.2 Å². The number of thioether (sulfide) groups is 1. The second kappa shape index (κ2) is 6.72. The number of rotatable bonds is 4. The van der Waals surface area contributed by atoms with Crippen LogP contribution in [0.25, 0.3) is 0 Å². The molecular weight excluding hydrogens is 276 g/mol. The van der Waals surface area contributed by atoms with Crippen LogP contribution in [0.3, 0.4) is 0 Å². The van der Waals surface area contributed by atoms with E-state index in [-0.39, 0.29) is 0 Å². The van der Waals surface area contributed by atoms with Crippen LogP contribution >= 0.6 is 11.8 Å². The highest BCUT2D eigenvalue weighted by Gasteiger charge is 2.35. The van der Waals surface area contributed by atoms with Gasteiger partial charge in [0.05, 0.1) is 0 Å². The third-order valence-corrected chi connectivity index (χ3v) is 6.47. The third-order valence-electron chi connectivity index (χ3n) is 4.94. The van der Waals surface area contributed by atoms with Crippen molar-refractivity contribution >= 4 is 11.8 Å². The molecule has 0 amide bonds. The van der Waals surface area contributed by atoms with Gasteiger partial charge in [-0.05, 0) is 44.4 Å². The molecule has 0 spiro atoms. The van der Waals surface area contributed by atoms with Crippen LogP contribution in [0.1, 0.15) is 32.3 Å². The molecule has 1 aromatic rings. The van der Waals surface area contributed by atoms with E-state index in [1.54, 1.807) is 0 Å². The van der Waals surface area contributed by atoms with Gasteiger partial charge in [0.25, 0.3) is 0 Å². The zero-order valence-electron chi connectivity index (χ0n) is 13.3. The van der Waals surface area contributed by atoms with Gasteiger partial charge in [0.2, 0.25) is 0 Å². The molecule has 2 fully saturated rings. The van der Waals surface area contributed by atoms with E-state index in [9.17, 15) is 0 Å². The van der Waals surface area contributed by atoms with Gasteiger partial charge in [-0.1, -0.05) is 30.3 Å². The Hall–Kier alpha value is -0.510. The Balaban J connectivity index is 1.59. The van der Waals surface area contributed by atoms with Gasteiger partial charge in [-0.15, -0.1) is 0 Å². The van der Waals surface area contributed by atoms with E-state index in [1.165, 1.54) is 37.2 Å². The lowest BCUT2D eigenvalue weighted by molar-refractivity contribution is 0.129. The minimum atomic E-state index is 0.489. The average Bonchev–Trinajstić information content (AvgIpc) is 2.90. The summed E-state index contributed by atoms with van der Waals surface area (Å²) in [4.78, 5) is 2.72. The summed E-state index contributed by atoms with van der Waals surface area (Å²) in [6, 6.07) is 12.2. The molecule has 0 radical (unpaired) electrons. The van der Waals surface area contributed by atoms with Crippen molar-refractivity contribution < 1.29 is 0 Å². The van der Waals surface area contributed by atoms with Crippen LogP contribution in [0, 0.1) is 0 Å². The zero-order valence-corrected chi connectivity index (χ0v) is 14.2. The average molecular weight is 305 g/mol. The lowest BCUT2D eigenvalue weighted by Gasteiger charge is -2.42. The van der Waals surface area contributed by atoms with Crippen molar-refractivity contribution in [2.24, 2.45) is 0 Å². The fourth-order valence-electron chi connectivity index (χ4n) is 3.64. The van der Waals surface area contributed by atoms with E-state index in [1.807, 2.05) is 0 Å². The van der Waals surface area contributed by atoms with Gasteiger partial charge in [0, 0.05) is 36.5 Å². The number of nitrogens with zero attached hydrogens (tertiary/aromatic N) is 1. The lowest BCUT2D eigenvalue weighted by Crippen LogP contribution is -2.58. The molecule has 3 rings (SSSR count). The van der Waals surface area contributed by atoms with Crippen molar-refractivity contribution in [3.63, 3.8) is 0 Å². The highest BCUT2D eigenvalue weighted by Crippen LogP contribution is 2.38. The maximum atomic E-state index is 3.74. The fourth-order valence-corrected chi connectivity index (χ4v) is 4.97. The first-order valence-electron chi connectivity index (χ1n) is 8.30. The molecule has 0 aromatic heterocycles. The topological polar surface area (TPSA) is 15.3 Å². The summed E-state index contributed by atoms with van der Waals surface area (Å²) in [7, 11) is 0. The lowest BCUT2D eigenvalue weighted by atomic mass is 9.99. The van der Waals surface area contributed by atoms with E-state index in [0.717, 1.165) is 13.0 Å². The van der Waals surface area contributed by atoms with Crippen molar-refractivity contribution in [1.29, 1.82) is 0 Å². The summed E-state index contributed by atoms with van der Waals surface area (Å²) < 4.78 is 0.489. The van der Waals surface area contributed by atoms with Crippen molar-refractivity contribution in [2.75, 3.05) is 25.4 Å². The van der Waals surface area contributed by atoms with Crippen LogP contribution in [0.2, 0.25) is 0 Å². The Morgan fingerprint density at radius 1 is 1.33 bits per heavy atom. The summed E-state index contributed by atoms with van der Waals surface area (Å²) in [6.07, 6.45) is 3.93. The Morgan fingerprint density at radius 2 is 2.14 bits per heavy atom. The summed E-state index contributed by atoms with van der Waals surface area (Å²) in [6.45, 7) is 8.40. The van der Waals surface area contributed by atoms with E-state index < -0.39 is 0 Å². The summed E-state index contributed by atoms with van der Waals surface area (Å²) in [5.41, 5.74) is 1.45. The van der Waals surface area contributed by atoms with Gasteiger partial charge in [-0.3, -0.25) is 4.90 Å². The van der Waals surface area contributed by atoms with Crippen LogP contribution in [-0.4, -0.2) is 47.1 Å². The minimum absolute atomic E-state index is 0.489. The van der Waals surface area contributed by atoms with E-state index in [2.05, 4.69) is 66.2 Å². The Morgan fingerprint density at radius 3 is 2.86 bits per heavy atom. The number of benzene rings is 1. The first-order chi connectivity index (χ1) is 10.1. The molecule has 2 aliphatic heterocycles. The molecule has 2 nitrogen and oxygen atoms in total. The predicted octanol–water partition coefficient (Wildman–Crippen LogP) is 3.18. The molecule has 21 heavy (non-hydrogen) atoms. The van der Waals surface area contributed by atoms with Gasteiger partial charge in [-0.2, -0.15) is 11.8 Å². The first kappa shape index (κ1) is 15.4. The van der Waals surface area contributed by atoms with Gasteiger partial charge in [-0.25, -0.2) is 0 Å². The highest BCUT2D eigenvalue weighted by molar-refractivity contribution is 8.00. The Labute approximate surface area is 133 Å². The van der Waals surface area contributed by atoms with Gasteiger partial charge < -0.3 is 5.32 Å². The Bertz CT molecular complexity index is 442. The van der Waals surface area contributed by atoms with Crippen molar-refractivity contribution in [2.45, 2.75) is 49.9 Å². The molecule has 116 valence electrons. The molecule has 2 aliphatic rings. The second-order valence-electron chi connectivity index (χ2n) is 6.98. The van der Waals surface area contributed by atoms with Gasteiger partial charge >= 0.3 is 0 Å². The number of nitrogens with one attached hydrogen (secondary N) is 1. The number of hydrogen-bond donors (Lipinski definition) is 1. The van der Waals surface area contributed by atoms with Gasteiger partial charge in [0.1, 0.15) is 0 Å². The molecule has 2 heterocycles. The highest BCUT2D eigenvalue weighted by atomic mass is 32.2. The molecule has 3 heteroatoms. The third kappa shape index (κ3) is 4.02. The van der Waals surface area contributed by atoms with E-state index >= 15 is 0 Å². The molecule has 2 saturated heterocycles. The fraction of sp³-hybridized carbons (Fsp3) is 0.667. The van der Waals surface area contributed by atoms with E-state index in [4.69, 9.17) is 0 Å². The Kier molecular flexibility index (Phi) is 4.92. The minimum Gasteiger partial charge on any atom is -0.311 e. The molecule has 3 unspecified atom stereocenters. The standard InChI is InChI=1S/C18H28N2S/c1-15-12-19-17(11-16-7-4-3-5-8-16)13-20(15)14-18(2)9-6-10-21-18/h3-5,7-8,15,17,19H,6,9-14H2,1-2H3. The second-order valence-corrected chi connectivity index (χ2v) is 8.66. The van der Waals surface area contributed by atoms with E-state index in [0.29, 0.717) is 16.8 Å². The quantitative estimate of drug-likeness (QED) is 0.920. The molecule has 0 aliphatic carbocycles. The van der Waals surface area contributed by atoms with Gasteiger partial charge in [0.15, 0.2) is 0 Å². The van der Waals surface area contributed by atoms with Crippen molar-refractivity contribution in [3.8, 4) is 0 Å². The van der Waals surface area contributed by atoms with Crippen LogP contribution in [0.4, 0.5) is 0 Å². The molecular formula is C18H28N2S. The zero-order chi connectivity index (χ0) is 14.7. The molecule has 0 saturated carbocycles. The van der Waals surface area contributed by atoms with Crippen LogP contribution in [0.5, 0.6) is 0 Å².